The highest BCUT2D eigenvalue weighted by molar-refractivity contribution is 7.86. The first-order valence-electron chi connectivity index (χ1n) is 5.19. The summed E-state index contributed by atoms with van der Waals surface area (Å²) < 4.78 is 74.7. The highest BCUT2D eigenvalue weighted by Crippen LogP contribution is 2.23. The summed E-state index contributed by atoms with van der Waals surface area (Å²) in [6.07, 6.45) is -7.38. The first kappa shape index (κ1) is 17.9. The molecule has 0 rings (SSSR count). The van der Waals surface area contributed by atoms with Gasteiger partial charge in [-0.1, -0.05) is 0 Å². The van der Waals surface area contributed by atoms with Gasteiger partial charge in [0.15, 0.2) is 0 Å². The first-order chi connectivity index (χ1) is 8.21. The number of carbonyl (C=O) groups is 1. The van der Waals surface area contributed by atoms with E-state index in [2.05, 4.69) is 4.74 Å². The van der Waals surface area contributed by atoms with Crippen molar-refractivity contribution in [2.45, 2.75) is 45.0 Å². The predicted molar refractivity (Wildman–Crippen MR) is 58.7 cm³/mol. The molecule has 5 nitrogen and oxygen atoms in total. The van der Waals surface area contributed by atoms with E-state index in [1.165, 1.54) is 26.1 Å². The van der Waals surface area contributed by atoms with Crippen molar-refractivity contribution in [3.8, 4) is 0 Å². The lowest BCUT2D eigenvalue weighted by Gasteiger charge is -2.24. The summed E-state index contributed by atoms with van der Waals surface area (Å²) in [6, 6.07) is -2.49. The summed E-state index contributed by atoms with van der Waals surface area (Å²) in [5.74, 6) is -1.34. The molecule has 0 aromatic heterocycles. The van der Waals surface area contributed by atoms with Crippen LogP contribution in [0.1, 0.15) is 27.2 Å². The van der Waals surface area contributed by atoms with E-state index in [0.717, 1.165) is 0 Å². The Labute approximate surface area is 108 Å². The van der Waals surface area contributed by atoms with E-state index < -0.39 is 46.3 Å². The van der Waals surface area contributed by atoms with Gasteiger partial charge in [0.2, 0.25) is 0 Å². The van der Waals surface area contributed by atoms with E-state index in [-0.39, 0.29) is 0 Å². The summed E-state index contributed by atoms with van der Waals surface area (Å²) in [6.45, 7) is 4.34. The second-order valence-corrected chi connectivity index (χ2v) is 6.26. The smallest absolute Gasteiger partial charge is 0.408 e. The Morgan fingerprint density at radius 3 is 2.05 bits per heavy atom. The van der Waals surface area contributed by atoms with Gasteiger partial charge in [-0.3, -0.25) is 0 Å². The molecule has 10 heteroatoms. The first-order valence-corrected chi connectivity index (χ1v) is 6.74. The SMILES string of the molecule is CC(C)(C)OC(=O)NC(CCS(=O)(=O)F)C(F)(F)F. The lowest BCUT2D eigenvalue weighted by molar-refractivity contribution is -0.155. The molecule has 19 heavy (non-hydrogen) atoms. The van der Waals surface area contributed by atoms with Gasteiger partial charge < -0.3 is 10.1 Å². The maximum atomic E-state index is 12.5. The van der Waals surface area contributed by atoms with Crippen LogP contribution in [0.3, 0.4) is 0 Å². The Morgan fingerprint density at radius 2 is 1.74 bits per heavy atom. The standard InChI is InChI=1S/C9H15F4NO4S/c1-8(2,3)18-7(15)14-6(9(10,11)12)4-5-19(13,16)17/h6H,4-5H2,1-3H3,(H,14,15). The normalized spacial score (nSPS) is 14.9. The number of rotatable bonds is 4. The minimum Gasteiger partial charge on any atom is -0.444 e. The zero-order valence-electron chi connectivity index (χ0n) is 10.5. The summed E-state index contributed by atoms with van der Waals surface area (Å²) in [4.78, 5) is 11.2. The molecule has 0 saturated heterocycles. The van der Waals surface area contributed by atoms with E-state index in [4.69, 9.17) is 0 Å². The number of hydrogen-bond donors (Lipinski definition) is 1. The Kier molecular flexibility index (Phi) is 5.60. The molecule has 1 N–H and O–H groups in total. The van der Waals surface area contributed by atoms with Crippen LogP contribution in [0.25, 0.3) is 0 Å². The Bertz CT molecular complexity index is 413. The average molecular weight is 309 g/mol. The molecule has 0 radical (unpaired) electrons. The number of alkyl carbamates (subject to hydrolysis) is 1. The van der Waals surface area contributed by atoms with Crippen LogP contribution in [0.2, 0.25) is 0 Å². The van der Waals surface area contributed by atoms with Crippen LogP contribution in [0.4, 0.5) is 21.9 Å². The van der Waals surface area contributed by atoms with Gasteiger partial charge in [-0.2, -0.15) is 21.6 Å². The van der Waals surface area contributed by atoms with Crippen molar-refractivity contribution in [2.75, 3.05) is 5.75 Å². The third kappa shape index (κ3) is 9.51. The molecule has 0 aliphatic rings. The van der Waals surface area contributed by atoms with E-state index >= 15 is 0 Å². The third-order valence-electron chi connectivity index (χ3n) is 1.74. The van der Waals surface area contributed by atoms with Crippen LogP contribution in [0.15, 0.2) is 0 Å². The van der Waals surface area contributed by atoms with Gasteiger partial charge in [0, 0.05) is 0 Å². The highest BCUT2D eigenvalue weighted by atomic mass is 32.3. The molecule has 1 atom stereocenters. The minimum absolute atomic E-state index is 1.01. The number of nitrogens with one attached hydrogen (secondary N) is 1. The zero-order valence-corrected chi connectivity index (χ0v) is 11.4. The van der Waals surface area contributed by atoms with Crippen molar-refractivity contribution in [2.24, 2.45) is 0 Å². The van der Waals surface area contributed by atoms with Gasteiger partial charge in [-0.25, -0.2) is 4.79 Å². The molecule has 0 aromatic carbocycles. The zero-order chi connectivity index (χ0) is 15.5. The van der Waals surface area contributed by atoms with Crippen molar-refractivity contribution in [3.05, 3.63) is 0 Å². The molecule has 0 aromatic rings. The van der Waals surface area contributed by atoms with Crippen LogP contribution >= 0.6 is 0 Å². The number of amides is 1. The fourth-order valence-corrected chi connectivity index (χ4v) is 1.54. The predicted octanol–water partition coefficient (Wildman–Crippen LogP) is 2.13. The topological polar surface area (TPSA) is 72.5 Å². The Morgan fingerprint density at radius 1 is 1.26 bits per heavy atom. The molecule has 0 aliphatic heterocycles. The number of alkyl halides is 3. The Hall–Kier alpha value is -1.06. The molecular weight excluding hydrogens is 294 g/mol. The van der Waals surface area contributed by atoms with Gasteiger partial charge in [0.1, 0.15) is 11.6 Å². The number of halogens is 4. The molecule has 1 unspecified atom stereocenters. The van der Waals surface area contributed by atoms with Crippen molar-refractivity contribution < 1.29 is 35.0 Å². The summed E-state index contributed by atoms with van der Waals surface area (Å²) in [7, 11) is -5.04. The molecule has 0 bridgehead atoms. The minimum atomic E-state index is -5.04. The van der Waals surface area contributed by atoms with Crippen molar-refractivity contribution in [1.29, 1.82) is 0 Å². The maximum Gasteiger partial charge on any atom is 0.408 e. The summed E-state index contributed by atoms with van der Waals surface area (Å²) in [5.41, 5.74) is -1.01. The molecule has 1 amide bonds. The molecule has 0 saturated carbocycles. The largest absolute Gasteiger partial charge is 0.444 e. The molecule has 0 spiro atoms. The maximum absolute atomic E-state index is 12.5. The van der Waals surface area contributed by atoms with Crippen LogP contribution in [0.5, 0.6) is 0 Å². The monoisotopic (exact) mass is 309 g/mol. The summed E-state index contributed by atoms with van der Waals surface area (Å²) >= 11 is 0. The lowest BCUT2D eigenvalue weighted by Crippen LogP contribution is -2.47. The van der Waals surface area contributed by atoms with Gasteiger partial charge >= 0.3 is 22.5 Å². The van der Waals surface area contributed by atoms with Crippen LogP contribution in [-0.2, 0) is 15.0 Å². The molecule has 114 valence electrons. The highest BCUT2D eigenvalue weighted by Gasteiger charge is 2.41. The van der Waals surface area contributed by atoms with Gasteiger partial charge in [-0.15, -0.1) is 3.89 Å². The van der Waals surface area contributed by atoms with Crippen molar-refractivity contribution >= 4 is 16.3 Å². The van der Waals surface area contributed by atoms with Crippen LogP contribution < -0.4 is 5.32 Å². The van der Waals surface area contributed by atoms with E-state index in [1.807, 2.05) is 0 Å². The average Bonchev–Trinajstić information content (AvgIpc) is 2.05. The number of carbonyl (C=O) groups excluding carboxylic acids is 1. The molecular formula is C9H15F4NO4S. The second-order valence-electron chi connectivity index (χ2n) is 4.77. The van der Waals surface area contributed by atoms with Crippen molar-refractivity contribution in [1.82, 2.24) is 5.32 Å². The fraction of sp³-hybridized carbons (Fsp3) is 0.889. The van der Waals surface area contributed by atoms with E-state index in [0.29, 0.717) is 0 Å². The lowest BCUT2D eigenvalue weighted by atomic mass is 10.2. The van der Waals surface area contributed by atoms with Gasteiger partial charge in [0.25, 0.3) is 0 Å². The van der Waals surface area contributed by atoms with Crippen LogP contribution in [-0.4, -0.2) is 38.1 Å². The third-order valence-corrected chi connectivity index (χ3v) is 2.46. The number of hydrogen-bond acceptors (Lipinski definition) is 4. The molecule has 0 fully saturated rings. The molecule has 0 heterocycles. The Balaban J connectivity index is 4.67. The molecule has 0 aliphatic carbocycles. The second kappa shape index (κ2) is 5.93. The summed E-state index contributed by atoms with van der Waals surface area (Å²) in [5, 5.41) is 1.47. The van der Waals surface area contributed by atoms with E-state index in [1.54, 1.807) is 0 Å². The van der Waals surface area contributed by atoms with Gasteiger partial charge in [0.05, 0.1) is 5.75 Å². The fourth-order valence-electron chi connectivity index (χ4n) is 1.03. The van der Waals surface area contributed by atoms with Gasteiger partial charge in [-0.05, 0) is 27.2 Å². The van der Waals surface area contributed by atoms with Crippen LogP contribution in [0, 0.1) is 0 Å². The van der Waals surface area contributed by atoms with E-state index in [9.17, 15) is 30.3 Å². The number of ether oxygens (including phenoxy) is 1. The van der Waals surface area contributed by atoms with Crippen molar-refractivity contribution in [3.63, 3.8) is 0 Å². The quantitative estimate of drug-likeness (QED) is 0.638.